The van der Waals surface area contributed by atoms with Gasteiger partial charge in [0.15, 0.2) is 0 Å². The molecule has 1 aliphatic rings. The molecular weight excluding hydrogens is 220 g/mol. The van der Waals surface area contributed by atoms with Gasteiger partial charge in [-0.05, 0) is 19.1 Å². The van der Waals surface area contributed by atoms with Gasteiger partial charge in [0.1, 0.15) is 5.75 Å². The van der Waals surface area contributed by atoms with Crippen molar-refractivity contribution in [1.82, 2.24) is 4.90 Å². The molecule has 0 aromatic heterocycles. The number of carbonyl (C=O) groups excluding carboxylic acids is 2. The molecule has 90 valence electrons. The fourth-order valence-corrected chi connectivity index (χ4v) is 1.75. The van der Waals surface area contributed by atoms with E-state index < -0.39 is 0 Å². The molecule has 1 aromatic rings. The Bertz CT molecular complexity index is 471. The molecule has 0 radical (unpaired) electrons. The third kappa shape index (κ3) is 2.22. The quantitative estimate of drug-likeness (QED) is 0.833. The van der Waals surface area contributed by atoms with Crippen LogP contribution in [0.3, 0.4) is 0 Å². The van der Waals surface area contributed by atoms with E-state index in [0.717, 1.165) is 0 Å². The Balaban J connectivity index is 2.42. The molecule has 2 rings (SSSR count). The van der Waals surface area contributed by atoms with Crippen LogP contribution in [0.1, 0.15) is 17.3 Å². The number of hydrogen-bond acceptors (Lipinski definition) is 3. The van der Waals surface area contributed by atoms with Crippen molar-refractivity contribution in [1.29, 1.82) is 0 Å². The first-order valence-corrected chi connectivity index (χ1v) is 5.44. The highest BCUT2D eigenvalue weighted by Gasteiger charge is 2.23. The average Bonchev–Trinajstić information content (AvgIpc) is 2.37. The SMILES string of the molecule is CCOc1ccc2c(c1)NC(=O)CN(C)C2=O. The van der Waals surface area contributed by atoms with Crippen LogP contribution in [0.2, 0.25) is 0 Å². The second-order valence-electron chi connectivity index (χ2n) is 3.85. The van der Waals surface area contributed by atoms with Gasteiger partial charge in [0.25, 0.3) is 5.91 Å². The molecule has 0 aliphatic carbocycles. The molecule has 0 atom stereocenters. The van der Waals surface area contributed by atoms with Gasteiger partial charge in [-0.2, -0.15) is 0 Å². The lowest BCUT2D eigenvalue weighted by molar-refractivity contribution is -0.116. The summed E-state index contributed by atoms with van der Waals surface area (Å²) in [6, 6.07) is 5.07. The first kappa shape index (κ1) is 11.4. The summed E-state index contributed by atoms with van der Waals surface area (Å²) in [7, 11) is 1.60. The molecule has 0 bridgehead atoms. The normalized spacial score (nSPS) is 15.1. The molecule has 0 unspecified atom stereocenters. The Kier molecular flexibility index (Phi) is 2.99. The summed E-state index contributed by atoms with van der Waals surface area (Å²) < 4.78 is 5.33. The van der Waals surface area contributed by atoms with E-state index in [1.807, 2.05) is 6.92 Å². The Morgan fingerprint density at radius 3 is 2.88 bits per heavy atom. The summed E-state index contributed by atoms with van der Waals surface area (Å²) in [6.07, 6.45) is 0. The van der Waals surface area contributed by atoms with Crippen molar-refractivity contribution in [2.45, 2.75) is 6.92 Å². The maximum absolute atomic E-state index is 11.9. The minimum Gasteiger partial charge on any atom is -0.494 e. The van der Waals surface area contributed by atoms with Crippen LogP contribution >= 0.6 is 0 Å². The van der Waals surface area contributed by atoms with Crippen LogP contribution in [-0.4, -0.2) is 36.9 Å². The third-order valence-corrected chi connectivity index (χ3v) is 2.53. The number of anilines is 1. The number of fused-ring (bicyclic) bond motifs is 1. The molecule has 1 aliphatic heterocycles. The monoisotopic (exact) mass is 234 g/mol. The molecule has 0 saturated carbocycles. The van der Waals surface area contributed by atoms with Crippen LogP contribution < -0.4 is 10.1 Å². The smallest absolute Gasteiger partial charge is 0.256 e. The highest BCUT2D eigenvalue weighted by atomic mass is 16.5. The highest BCUT2D eigenvalue weighted by Crippen LogP contribution is 2.25. The van der Waals surface area contributed by atoms with Crippen LogP contribution in [0.5, 0.6) is 5.75 Å². The van der Waals surface area contributed by atoms with Crippen molar-refractivity contribution in [3.8, 4) is 5.75 Å². The van der Waals surface area contributed by atoms with Crippen LogP contribution in [0.15, 0.2) is 18.2 Å². The summed E-state index contributed by atoms with van der Waals surface area (Å²) in [5.74, 6) is 0.276. The van der Waals surface area contributed by atoms with E-state index in [0.29, 0.717) is 23.6 Å². The van der Waals surface area contributed by atoms with Gasteiger partial charge in [-0.15, -0.1) is 0 Å². The van der Waals surface area contributed by atoms with E-state index in [9.17, 15) is 9.59 Å². The van der Waals surface area contributed by atoms with Crippen molar-refractivity contribution in [2.24, 2.45) is 0 Å². The van der Waals surface area contributed by atoms with Crippen LogP contribution in [0, 0.1) is 0 Å². The lowest BCUT2D eigenvalue weighted by Crippen LogP contribution is -2.31. The van der Waals surface area contributed by atoms with Crippen molar-refractivity contribution >= 4 is 17.5 Å². The number of nitrogens with one attached hydrogen (secondary N) is 1. The number of ether oxygens (including phenoxy) is 1. The minimum atomic E-state index is -0.201. The summed E-state index contributed by atoms with van der Waals surface area (Å²) in [5, 5.41) is 2.70. The Labute approximate surface area is 99.4 Å². The molecule has 1 N–H and O–H groups in total. The van der Waals surface area contributed by atoms with Gasteiger partial charge >= 0.3 is 0 Å². The lowest BCUT2D eigenvalue weighted by atomic mass is 10.1. The summed E-state index contributed by atoms with van der Waals surface area (Å²) >= 11 is 0. The molecule has 1 aromatic carbocycles. The largest absolute Gasteiger partial charge is 0.494 e. The van der Waals surface area contributed by atoms with Crippen molar-refractivity contribution in [3.63, 3.8) is 0 Å². The standard InChI is InChI=1S/C12H14N2O3/c1-3-17-8-4-5-9-10(6-8)13-11(15)7-14(2)12(9)16/h4-6H,3,7H2,1-2H3,(H,13,15). The fraction of sp³-hybridized carbons (Fsp3) is 0.333. The molecule has 0 saturated heterocycles. The zero-order chi connectivity index (χ0) is 12.4. The van der Waals surface area contributed by atoms with Crippen molar-refractivity contribution in [3.05, 3.63) is 23.8 Å². The van der Waals surface area contributed by atoms with E-state index in [2.05, 4.69) is 5.32 Å². The minimum absolute atomic E-state index is 0.0669. The van der Waals surface area contributed by atoms with Crippen LogP contribution in [0.25, 0.3) is 0 Å². The van der Waals surface area contributed by atoms with Gasteiger partial charge in [-0.25, -0.2) is 0 Å². The van der Waals surface area contributed by atoms with E-state index >= 15 is 0 Å². The van der Waals surface area contributed by atoms with Gasteiger partial charge in [0, 0.05) is 13.1 Å². The van der Waals surface area contributed by atoms with Crippen molar-refractivity contribution < 1.29 is 14.3 Å². The fourth-order valence-electron chi connectivity index (χ4n) is 1.75. The Morgan fingerprint density at radius 2 is 2.18 bits per heavy atom. The first-order valence-electron chi connectivity index (χ1n) is 5.44. The molecule has 1 heterocycles. The zero-order valence-corrected chi connectivity index (χ0v) is 9.82. The van der Waals surface area contributed by atoms with E-state index in [4.69, 9.17) is 4.74 Å². The number of hydrogen-bond donors (Lipinski definition) is 1. The molecule has 0 spiro atoms. The molecule has 5 nitrogen and oxygen atoms in total. The van der Waals surface area contributed by atoms with Crippen molar-refractivity contribution in [2.75, 3.05) is 25.5 Å². The van der Waals surface area contributed by atoms with E-state index in [-0.39, 0.29) is 18.4 Å². The number of likely N-dealkylation sites (N-methyl/N-ethyl adjacent to an activating group) is 1. The predicted molar refractivity (Wildman–Crippen MR) is 63.2 cm³/mol. The second-order valence-corrected chi connectivity index (χ2v) is 3.85. The Morgan fingerprint density at radius 1 is 1.41 bits per heavy atom. The van der Waals surface area contributed by atoms with Gasteiger partial charge in [0.05, 0.1) is 24.4 Å². The number of amides is 2. The summed E-state index contributed by atoms with van der Waals surface area (Å²) in [6.45, 7) is 2.49. The first-order chi connectivity index (χ1) is 8.11. The summed E-state index contributed by atoms with van der Waals surface area (Å²) in [5.41, 5.74) is 0.997. The zero-order valence-electron chi connectivity index (χ0n) is 9.82. The maximum atomic E-state index is 11.9. The second kappa shape index (κ2) is 4.45. The van der Waals surface area contributed by atoms with Gasteiger partial charge in [-0.1, -0.05) is 0 Å². The molecule has 17 heavy (non-hydrogen) atoms. The summed E-state index contributed by atoms with van der Waals surface area (Å²) in [4.78, 5) is 24.9. The molecule has 2 amide bonds. The highest BCUT2D eigenvalue weighted by molar-refractivity contribution is 6.08. The number of carbonyl (C=O) groups is 2. The van der Waals surface area contributed by atoms with Gasteiger partial charge < -0.3 is 15.0 Å². The van der Waals surface area contributed by atoms with Crippen LogP contribution in [0.4, 0.5) is 5.69 Å². The van der Waals surface area contributed by atoms with E-state index in [1.54, 1.807) is 25.2 Å². The average molecular weight is 234 g/mol. The molecule has 0 fully saturated rings. The number of nitrogens with zero attached hydrogens (tertiary/aromatic N) is 1. The predicted octanol–water partition coefficient (Wildman–Crippen LogP) is 1.11. The van der Waals surface area contributed by atoms with Crippen LogP contribution in [-0.2, 0) is 4.79 Å². The number of rotatable bonds is 2. The van der Waals surface area contributed by atoms with E-state index in [1.165, 1.54) is 4.90 Å². The maximum Gasteiger partial charge on any atom is 0.256 e. The van der Waals surface area contributed by atoms with Gasteiger partial charge in [0.2, 0.25) is 5.91 Å². The Hall–Kier alpha value is -2.04. The number of benzene rings is 1. The topological polar surface area (TPSA) is 58.6 Å². The van der Waals surface area contributed by atoms with Gasteiger partial charge in [-0.3, -0.25) is 9.59 Å². The molecular formula is C12H14N2O3. The lowest BCUT2D eigenvalue weighted by Gasteiger charge is -2.12. The molecule has 5 heteroatoms. The third-order valence-electron chi connectivity index (χ3n) is 2.53.